The van der Waals surface area contributed by atoms with E-state index in [1.54, 1.807) is 19.1 Å². The van der Waals surface area contributed by atoms with E-state index in [-0.39, 0.29) is 15.4 Å². The van der Waals surface area contributed by atoms with E-state index in [1.165, 1.54) is 37.4 Å². The number of hydrogen-bond acceptors (Lipinski definition) is 5. The summed E-state index contributed by atoms with van der Waals surface area (Å²) >= 11 is 0. The molecule has 0 aromatic heterocycles. The molecule has 9 heteroatoms. The maximum absolute atomic E-state index is 12.3. The Balaban J connectivity index is 2.28. The van der Waals surface area contributed by atoms with E-state index >= 15 is 0 Å². The second-order valence-corrected chi connectivity index (χ2v) is 9.31. The molecule has 0 fully saturated rings. The van der Waals surface area contributed by atoms with Crippen LogP contribution in [0.15, 0.2) is 52.3 Å². The van der Waals surface area contributed by atoms with Gasteiger partial charge in [-0.05, 0) is 55.9 Å². The van der Waals surface area contributed by atoms with Gasteiger partial charge in [0.2, 0.25) is 10.0 Å². The lowest BCUT2D eigenvalue weighted by atomic mass is 10.2. The molecule has 134 valence electrons. The average Bonchev–Trinajstić information content (AvgIpc) is 2.55. The van der Waals surface area contributed by atoms with Crippen molar-refractivity contribution in [2.75, 3.05) is 18.6 Å². The molecule has 0 bridgehead atoms. The van der Waals surface area contributed by atoms with E-state index in [1.807, 2.05) is 0 Å². The highest BCUT2D eigenvalue weighted by molar-refractivity contribution is 7.90. The predicted octanol–water partition coefficient (Wildman–Crippen LogP) is 1.56. The fraction of sp³-hybridized carbons (Fsp3) is 0.188. The van der Waals surface area contributed by atoms with Gasteiger partial charge in [-0.25, -0.2) is 21.6 Å². The van der Waals surface area contributed by atoms with E-state index < -0.39 is 25.8 Å². The Morgan fingerprint density at radius 3 is 2.08 bits per heavy atom. The fourth-order valence-electron chi connectivity index (χ4n) is 2.13. The van der Waals surface area contributed by atoms with Crippen molar-refractivity contribution in [2.45, 2.75) is 16.7 Å². The van der Waals surface area contributed by atoms with E-state index in [2.05, 4.69) is 10.0 Å². The third-order valence-corrected chi connectivity index (χ3v) is 6.23. The second-order valence-electron chi connectivity index (χ2n) is 5.44. The van der Waals surface area contributed by atoms with Crippen molar-refractivity contribution >= 4 is 31.5 Å². The van der Waals surface area contributed by atoms with Crippen molar-refractivity contribution in [2.24, 2.45) is 0 Å². The van der Waals surface area contributed by atoms with Crippen LogP contribution < -0.4 is 10.0 Å². The Kier molecular flexibility index (Phi) is 5.31. The van der Waals surface area contributed by atoms with Gasteiger partial charge in [0.15, 0.2) is 9.84 Å². The molecule has 0 spiro atoms. The topological polar surface area (TPSA) is 109 Å². The van der Waals surface area contributed by atoms with Crippen LogP contribution >= 0.6 is 0 Å². The number of hydrogen-bond donors (Lipinski definition) is 2. The van der Waals surface area contributed by atoms with Crippen LogP contribution in [-0.2, 0) is 19.9 Å². The largest absolute Gasteiger partial charge is 0.322 e. The van der Waals surface area contributed by atoms with Crippen LogP contribution in [0.5, 0.6) is 0 Å². The molecule has 0 aliphatic rings. The number of amides is 1. The normalized spacial score (nSPS) is 12.0. The molecule has 0 aliphatic carbocycles. The summed E-state index contributed by atoms with van der Waals surface area (Å²) in [5.74, 6) is -0.475. The zero-order valence-corrected chi connectivity index (χ0v) is 15.5. The van der Waals surface area contributed by atoms with Crippen LogP contribution in [0.2, 0.25) is 0 Å². The van der Waals surface area contributed by atoms with Crippen molar-refractivity contribution in [1.29, 1.82) is 0 Å². The third-order valence-electron chi connectivity index (χ3n) is 3.55. The summed E-state index contributed by atoms with van der Waals surface area (Å²) < 4.78 is 49.1. The Morgan fingerprint density at radius 1 is 0.960 bits per heavy atom. The first kappa shape index (κ1) is 19.1. The molecule has 7 nitrogen and oxygen atoms in total. The molecule has 2 aromatic carbocycles. The highest BCUT2D eigenvalue weighted by Crippen LogP contribution is 2.20. The Bertz CT molecular complexity index is 1010. The molecule has 2 rings (SSSR count). The van der Waals surface area contributed by atoms with Gasteiger partial charge in [-0.2, -0.15) is 0 Å². The quantitative estimate of drug-likeness (QED) is 0.815. The van der Waals surface area contributed by atoms with Crippen LogP contribution in [0.3, 0.4) is 0 Å². The Morgan fingerprint density at radius 2 is 1.56 bits per heavy atom. The van der Waals surface area contributed by atoms with Crippen LogP contribution in [-0.4, -0.2) is 36.0 Å². The van der Waals surface area contributed by atoms with Gasteiger partial charge >= 0.3 is 0 Å². The molecule has 0 radical (unpaired) electrons. The molecule has 0 atom stereocenters. The van der Waals surface area contributed by atoms with Crippen LogP contribution in [0.4, 0.5) is 5.69 Å². The smallest absolute Gasteiger partial charge is 0.255 e. The first-order valence-corrected chi connectivity index (χ1v) is 10.6. The number of nitrogens with one attached hydrogen (secondary N) is 2. The van der Waals surface area contributed by atoms with Gasteiger partial charge in [0.1, 0.15) is 0 Å². The van der Waals surface area contributed by atoms with Gasteiger partial charge in [-0.15, -0.1) is 0 Å². The van der Waals surface area contributed by atoms with Crippen molar-refractivity contribution < 1.29 is 21.6 Å². The molecule has 0 aliphatic heterocycles. The molecule has 0 saturated carbocycles. The third kappa shape index (κ3) is 4.44. The van der Waals surface area contributed by atoms with Gasteiger partial charge in [0.25, 0.3) is 5.91 Å². The highest BCUT2D eigenvalue weighted by Gasteiger charge is 2.16. The van der Waals surface area contributed by atoms with Crippen LogP contribution in [0, 0.1) is 6.92 Å². The lowest BCUT2D eigenvalue weighted by Gasteiger charge is -2.10. The number of benzene rings is 2. The number of carbonyl (C=O) groups excluding carboxylic acids is 1. The van der Waals surface area contributed by atoms with Crippen molar-refractivity contribution in [3.8, 4) is 0 Å². The van der Waals surface area contributed by atoms with Crippen molar-refractivity contribution in [3.63, 3.8) is 0 Å². The summed E-state index contributed by atoms with van der Waals surface area (Å²) in [6, 6.07) is 10.0. The highest BCUT2D eigenvalue weighted by atomic mass is 32.2. The summed E-state index contributed by atoms with van der Waals surface area (Å²) in [6.45, 7) is 1.65. The molecule has 2 N–H and O–H groups in total. The lowest BCUT2D eigenvalue weighted by Crippen LogP contribution is -2.20. The summed E-state index contributed by atoms with van der Waals surface area (Å²) in [5.41, 5.74) is 1.12. The number of aryl methyl sites for hydroxylation is 1. The SMILES string of the molecule is CNS(=O)(=O)c1cc(NC(=O)c2ccc(S(C)(=O)=O)cc2)ccc1C. The van der Waals surface area contributed by atoms with Gasteiger partial charge < -0.3 is 5.32 Å². The fourth-order valence-corrected chi connectivity index (χ4v) is 3.76. The van der Waals surface area contributed by atoms with Gasteiger partial charge in [-0.3, -0.25) is 4.79 Å². The van der Waals surface area contributed by atoms with E-state index in [4.69, 9.17) is 0 Å². The summed E-state index contributed by atoms with van der Waals surface area (Å²) in [6.07, 6.45) is 1.08. The first-order chi connectivity index (χ1) is 11.5. The zero-order valence-electron chi connectivity index (χ0n) is 13.9. The zero-order chi connectivity index (χ0) is 18.8. The Labute approximate surface area is 147 Å². The number of sulfone groups is 1. The minimum atomic E-state index is -3.64. The lowest BCUT2D eigenvalue weighted by molar-refractivity contribution is 0.102. The van der Waals surface area contributed by atoms with Gasteiger partial charge in [-0.1, -0.05) is 6.07 Å². The standard InChI is InChI=1S/C16H18N2O5S2/c1-11-4-7-13(10-15(11)25(22,23)17-2)18-16(19)12-5-8-14(9-6-12)24(3,20)21/h4-10,17H,1-3H3,(H,18,19). The van der Waals surface area contributed by atoms with E-state index in [9.17, 15) is 21.6 Å². The van der Waals surface area contributed by atoms with E-state index in [0.717, 1.165) is 6.26 Å². The van der Waals surface area contributed by atoms with Crippen molar-refractivity contribution in [1.82, 2.24) is 4.72 Å². The van der Waals surface area contributed by atoms with Gasteiger partial charge in [0, 0.05) is 17.5 Å². The molecule has 0 unspecified atom stereocenters. The molecule has 1 amide bonds. The minimum Gasteiger partial charge on any atom is -0.322 e. The van der Waals surface area contributed by atoms with E-state index in [0.29, 0.717) is 11.3 Å². The monoisotopic (exact) mass is 382 g/mol. The van der Waals surface area contributed by atoms with Crippen LogP contribution in [0.25, 0.3) is 0 Å². The summed E-state index contributed by atoms with van der Waals surface area (Å²) in [7, 11) is -5.67. The van der Waals surface area contributed by atoms with Gasteiger partial charge in [0.05, 0.1) is 9.79 Å². The molecule has 25 heavy (non-hydrogen) atoms. The maximum atomic E-state index is 12.3. The summed E-state index contributed by atoms with van der Waals surface area (Å²) in [4.78, 5) is 12.4. The molecule has 0 saturated heterocycles. The molecule has 2 aromatic rings. The number of carbonyl (C=O) groups is 1. The minimum absolute atomic E-state index is 0.0697. The summed E-state index contributed by atoms with van der Waals surface area (Å²) in [5, 5.41) is 2.60. The molecular weight excluding hydrogens is 364 g/mol. The molecule has 0 heterocycles. The second kappa shape index (κ2) is 6.95. The van der Waals surface area contributed by atoms with Crippen LogP contribution in [0.1, 0.15) is 15.9 Å². The predicted molar refractivity (Wildman–Crippen MR) is 94.9 cm³/mol. The maximum Gasteiger partial charge on any atom is 0.255 e. The number of sulfonamides is 1. The van der Waals surface area contributed by atoms with Crippen molar-refractivity contribution in [3.05, 3.63) is 53.6 Å². The average molecular weight is 382 g/mol. The number of rotatable bonds is 5. The Hall–Kier alpha value is -2.23. The first-order valence-electron chi connectivity index (χ1n) is 7.20. The molecular formula is C16H18N2O5S2. The number of anilines is 1.